The first-order chi connectivity index (χ1) is 5.40. The minimum Gasteiger partial charge on any atom is -0.256 e. The van der Waals surface area contributed by atoms with Crippen LogP contribution in [0.15, 0.2) is 23.7 Å². The average molecular weight is 181 g/mol. The first kappa shape index (κ1) is 7.20. The summed E-state index contributed by atoms with van der Waals surface area (Å²) in [5, 5.41) is 3.37. The van der Waals surface area contributed by atoms with Crippen LogP contribution in [0.25, 0.3) is 10.1 Å². The second-order valence-electron chi connectivity index (χ2n) is 2.28. The van der Waals surface area contributed by atoms with Crippen LogP contribution in [-0.4, -0.2) is 11.6 Å². The molecule has 0 amide bonds. The van der Waals surface area contributed by atoms with Crippen LogP contribution >= 0.6 is 19.9 Å². The summed E-state index contributed by atoms with van der Waals surface area (Å²) in [7, 11) is 0.801. The highest BCUT2D eigenvalue weighted by Crippen LogP contribution is 2.19. The molecule has 2 aromatic heterocycles. The number of hydrogen-bond donors (Lipinski definition) is 0. The quantitative estimate of drug-likeness (QED) is 0.615. The van der Waals surface area contributed by atoms with E-state index in [0.717, 1.165) is 8.58 Å². The van der Waals surface area contributed by atoms with E-state index in [1.54, 1.807) is 11.3 Å². The van der Waals surface area contributed by atoms with Crippen molar-refractivity contribution in [3.63, 3.8) is 0 Å². The fraction of sp³-hybridized carbons (Fsp3) is 0.125. The molecule has 0 fully saturated rings. The van der Waals surface area contributed by atoms with Gasteiger partial charge in [-0.15, -0.1) is 11.3 Å². The highest BCUT2D eigenvalue weighted by atomic mass is 32.1. The zero-order chi connectivity index (χ0) is 7.68. The van der Waals surface area contributed by atoms with Crippen LogP contribution in [-0.2, 0) is 0 Å². The molecule has 1 nitrogen and oxygen atoms in total. The molecule has 0 aliphatic rings. The number of thiophene rings is 1. The van der Waals surface area contributed by atoms with Crippen molar-refractivity contribution in [1.82, 2.24) is 4.98 Å². The highest BCUT2D eigenvalue weighted by Gasteiger charge is 1.95. The SMILES string of the molecule is CPc1cc2sccc2cn1. The van der Waals surface area contributed by atoms with Gasteiger partial charge in [-0.1, -0.05) is 8.58 Å². The fourth-order valence-electron chi connectivity index (χ4n) is 0.992. The molecule has 1 atom stereocenters. The standard InChI is InChI=1S/C8H8NPS/c1-10-8-4-7-6(5-9-8)2-3-11-7/h2-5,10H,1H3. The Morgan fingerprint density at radius 1 is 1.55 bits per heavy atom. The van der Waals surface area contributed by atoms with Gasteiger partial charge in [0.1, 0.15) is 0 Å². The Morgan fingerprint density at radius 2 is 2.45 bits per heavy atom. The lowest BCUT2D eigenvalue weighted by molar-refractivity contribution is 1.44. The molecule has 0 N–H and O–H groups in total. The van der Waals surface area contributed by atoms with Gasteiger partial charge in [-0.25, -0.2) is 0 Å². The van der Waals surface area contributed by atoms with Gasteiger partial charge in [-0.3, -0.25) is 4.98 Å². The number of nitrogens with zero attached hydrogens (tertiary/aromatic N) is 1. The van der Waals surface area contributed by atoms with Crippen LogP contribution in [0.2, 0.25) is 0 Å². The summed E-state index contributed by atoms with van der Waals surface area (Å²) in [6, 6.07) is 4.29. The van der Waals surface area contributed by atoms with Gasteiger partial charge in [0, 0.05) is 16.3 Å². The molecule has 0 aliphatic carbocycles. The van der Waals surface area contributed by atoms with E-state index in [1.807, 2.05) is 6.20 Å². The third-order valence-electron chi connectivity index (χ3n) is 1.59. The van der Waals surface area contributed by atoms with Gasteiger partial charge in [0.15, 0.2) is 0 Å². The maximum atomic E-state index is 4.32. The molecule has 56 valence electrons. The Hall–Kier alpha value is -0.460. The minimum absolute atomic E-state index is 0.801. The Kier molecular flexibility index (Phi) is 1.89. The smallest absolute Gasteiger partial charge is 0.0611 e. The molecule has 2 heterocycles. The second kappa shape index (κ2) is 2.88. The second-order valence-corrected chi connectivity index (χ2v) is 4.24. The minimum atomic E-state index is 0.801. The summed E-state index contributed by atoms with van der Waals surface area (Å²) in [6.07, 6.45) is 1.96. The van der Waals surface area contributed by atoms with Gasteiger partial charge in [-0.2, -0.15) is 0 Å². The van der Waals surface area contributed by atoms with E-state index < -0.39 is 0 Å². The molecule has 2 rings (SSSR count). The van der Waals surface area contributed by atoms with Crippen molar-refractivity contribution in [2.24, 2.45) is 0 Å². The maximum absolute atomic E-state index is 4.32. The van der Waals surface area contributed by atoms with Crippen LogP contribution in [0.4, 0.5) is 0 Å². The molecule has 2 aromatic rings. The Bertz CT molecular complexity index is 369. The third kappa shape index (κ3) is 1.29. The summed E-state index contributed by atoms with van der Waals surface area (Å²) >= 11 is 1.78. The number of aromatic nitrogens is 1. The van der Waals surface area contributed by atoms with E-state index in [9.17, 15) is 0 Å². The summed E-state index contributed by atoms with van der Waals surface area (Å²) in [5.74, 6) is 0. The Labute approximate surface area is 71.3 Å². The summed E-state index contributed by atoms with van der Waals surface area (Å²) in [6.45, 7) is 2.15. The summed E-state index contributed by atoms with van der Waals surface area (Å²) in [5.41, 5.74) is 1.21. The number of hydrogen-bond acceptors (Lipinski definition) is 2. The molecule has 1 unspecified atom stereocenters. The molecular formula is C8H8NPS. The largest absolute Gasteiger partial charge is 0.256 e. The van der Waals surface area contributed by atoms with Crippen molar-refractivity contribution >= 4 is 35.4 Å². The first-order valence-corrected chi connectivity index (χ1v) is 5.79. The van der Waals surface area contributed by atoms with Gasteiger partial charge in [0.25, 0.3) is 0 Å². The van der Waals surface area contributed by atoms with E-state index >= 15 is 0 Å². The predicted octanol–water partition coefficient (Wildman–Crippen LogP) is 2.23. The third-order valence-corrected chi connectivity index (χ3v) is 3.26. The van der Waals surface area contributed by atoms with Crippen LogP contribution in [0.1, 0.15) is 0 Å². The highest BCUT2D eigenvalue weighted by molar-refractivity contribution is 7.46. The lowest BCUT2D eigenvalue weighted by Crippen LogP contribution is -1.96. The monoisotopic (exact) mass is 181 g/mol. The zero-order valence-electron chi connectivity index (χ0n) is 6.16. The van der Waals surface area contributed by atoms with Crippen LogP contribution < -0.4 is 5.44 Å². The van der Waals surface area contributed by atoms with Crippen molar-refractivity contribution < 1.29 is 0 Å². The average Bonchev–Trinajstić information content (AvgIpc) is 2.50. The number of fused-ring (bicyclic) bond motifs is 1. The fourth-order valence-corrected chi connectivity index (χ4v) is 2.38. The van der Waals surface area contributed by atoms with Crippen molar-refractivity contribution in [3.05, 3.63) is 23.7 Å². The molecule has 0 radical (unpaired) electrons. The van der Waals surface area contributed by atoms with Crippen LogP contribution in [0.3, 0.4) is 0 Å². The molecule has 0 spiro atoms. The Morgan fingerprint density at radius 3 is 3.27 bits per heavy atom. The lowest BCUT2D eigenvalue weighted by atomic mass is 10.3. The van der Waals surface area contributed by atoms with E-state index in [0.29, 0.717) is 0 Å². The van der Waals surface area contributed by atoms with Gasteiger partial charge in [0.2, 0.25) is 0 Å². The van der Waals surface area contributed by atoms with Crippen LogP contribution in [0, 0.1) is 0 Å². The summed E-state index contributed by atoms with van der Waals surface area (Å²) < 4.78 is 1.35. The van der Waals surface area contributed by atoms with E-state index in [-0.39, 0.29) is 0 Å². The normalized spacial score (nSPS) is 11.7. The lowest BCUT2D eigenvalue weighted by Gasteiger charge is -1.93. The zero-order valence-corrected chi connectivity index (χ0v) is 7.98. The van der Waals surface area contributed by atoms with E-state index in [2.05, 4.69) is 29.2 Å². The molecular weight excluding hydrogens is 173 g/mol. The maximum Gasteiger partial charge on any atom is 0.0611 e. The molecule has 0 saturated heterocycles. The molecule has 0 aromatic carbocycles. The van der Waals surface area contributed by atoms with Gasteiger partial charge in [-0.05, 0) is 24.2 Å². The molecule has 3 heteroatoms. The molecule has 0 aliphatic heterocycles. The van der Waals surface area contributed by atoms with Crippen LogP contribution in [0.5, 0.6) is 0 Å². The molecule has 11 heavy (non-hydrogen) atoms. The first-order valence-electron chi connectivity index (χ1n) is 3.41. The van der Waals surface area contributed by atoms with Crippen molar-refractivity contribution in [2.75, 3.05) is 6.66 Å². The molecule has 0 saturated carbocycles. The number of pyridine rings is 1. The number of rotatable bonds is 1. The van der Waals surface area contributed by atoms with Gasteiger partial charge >= 0.3 is 0 Å². The van der Waals surface area contributed by atoms with E-state index in [1.165, 1.54) is 15.5 Å². The topological polar surface area (TPSA) is 12.9 Å². The van der Waals surface area contributed by atoms with E-state index in [4.69, 9.17) is 0 Å². The van der Waals surface area contributed by atoms with Gasteiger partial charge in [0.05, 0.1) is 5.44 Å². The van der Waals surface area contributed by atoms with Gasteiger partial charge < -0.3 is 0 Å². The summed E-state index contributed by atoms with van der Waals surface area (Å²) in [4.78, 5) is 4.32. The van der Waals surface area contributed by atoms with Crippen molar-refractivity contribution in [1.29, 1.82) is 0 Å². The van der Waals surface area contributed by atoms with Crippen molar-refractivity contribution in [2.45, 2.75) is 0 Å². The van der Waals surface area contributed by atoms with Crippen molar-refractivity contribution in [3.8, 4) is 0 Å². The molecule has 0 bridgehead atoms. The Balaban J connectivity index is 2.67. The predicted molar refractivity (Wildman–Crippen MR) is 53.5 cm³/mol.